The minimum absolute atomic E-state index is 0.0842. The van der Waals surface area contributed by atoms with Crippen molar-refractivity contribution in [3.05, 3.63) is 51.9 Å². The Balaban J connectivity index is 1.34. The second-order valence-electron chi connectivity index (χ2n) is 7.53. The van der Waals surface area contributed by atoms with E-state index in [0.717, 1.165) is 31.2 Å². The van der Waals surface area contributed by atoms with Gasteiger partial charge in [0.15, 0.2) is 5.16 Å². The summed E-state index contributed by atoms with van der Waals surface area (Å²) in [4.78, 5) is 25.9. The number of aryl methyl sites for hydroxylation is 1. The van der Waals surface area contributed by atoms with Crippen molar-refractivity contribution >= 4 is 45.6 Å². The molecule has 1 aliphatic rings. The molecule has 2 N–H and O–H groups in total. The number of anilines is 2. The summed E-state index contributed by atoms with van der Waals surface area (Å²) in [5.74, 6) is -0.699. The van der Waals surface area contributed by atoms with E-state index in [1.165, 1.54) is 40.1 Å². The quantitative estimate of drug-likeness (QED) is 0.495. The molecule has 1 aliphatic carbocycles. The number of halogens is 1. The zero-order valence-electron chi connectivity index (χ0n) is 17.9. The molecule has 3 aromatic rings. The number of nitrogens with one attached hydrogen (secondary N) is 2. The van der Waals surface area contributed by atoms with Crippen molar-refractivity contribution in [1.82, 2.24) is 14.8 Å². The summed E-state index contributed by atoms with van der Waals surface area (Å²) in [5, 5.41) is 24.1. The van der Waals surface area contributed by atoms with Crippen LogP contribution in [0.15, 0.2) is 29.4 Å². The predicted molar refractivity (Wildman–Crippen MR) is 125 cm³/mol. The number of carbonyl (C=O) groups excluding carboxylic acids is 2. The van der Waals surface area contributed by atoms with Crippen molar-refractivity contribution < 1.29 is 14.0 Å². The highest BCUT2D eigenvalue weighted by molar-refractivity contribution is 7.99. The van der Waals surface area contributed by atoms with Crippen molar-refractivity contribution in [1.29, 1.82) is 5.26 Å². The molecule has 2 aromatic heterocycles. The monoisotopic (exact) mass is 484 g/mol. The number of hydrogen-bond donors (Lipinski definition) is 2. The average molecular weight is 485 g/mol. The molecule has 1 aromatic carbocycles. The van der Waals surface area contributed by atoms with Crippen molar-refractivity contribution in [3.63, 3.8) is 0 Å². The normalized spacial score (nSPS) is 12.6. The van der Waals surface area contributed by atoms with Gasteiger partial charge in [-0.25, -0.2) is 4.39 Å². The van der Waals surface area contributed by atoms with Gasteiger partial charge in [0.1, 0.15) is 22.7 Å². The molecule has 4 rings (SSSR count). The molecule has 0 bridgehead atoms. The number of rotatable bonds is 7. The van der Waals surface area contributed by atoms with Crippen LogP contribution in [0.3, 0.4) is 0 Å². The van der Waals surface area contributed by atoms with Crippen LogP contribution in [0.25, 0.3) is 0 Å². The van der Waals surface area contributed by atoms with Crippen LogP contribution in [0, 0.1) is 17.1 Å². The van der Waals surface area contributed by atoms with E-state index in [0.29, 0.717) is 21.5 Å². The number of nitrogens with zero attached hydrogens (tertiary/aromatic N) is 4. The fourth-order valence-corrected chi connectivity index (χ4v) is 5.58. The van der Waals surface area contributed by atoms with Crippen LogP contribution >= 0.6 is 23.1 Å². The fourth-order valence-electron chi connectivity index (χ4n) is 3.59. The van der Waals surface area contributed by atoms with Gasteiger partial charge in [-0.15, -0.1) is 21.5 Å². The first-order valence-corrected chi connectivity index (χ1v) is 12.2. The van der Waals surface area contributed by atoms with Gasteiger partial charge in [0.2, 0.25) is 11.8 Å². The van der Waals surface area contributed by atoms with E-state index in [1.807, 2.05) is 0 Å². The molecule has 0 saturated carbocycles. The summed E-state index contributed by atoms with van der Waals surface area (Å²) in [6.07, 6.45) is 3.91. The molecular formula is C22H21FN6O2S2. The number of para-hydroxylation sites is 1. The Bertz CT molecular complexity index is 1250. The molecule has 170 valence electrons. The molecule has 0 radical (unpaired) electrons. The van der Waals surface area contributed by atoms with E-state index in [9.17, 15) is 19.2 Å². The van der Waals surface area contributed by atoms with Crippen molar-refractivity contribution in [2.45, 2.75) is 37.3 Å². The van der Waals surface area contributed by atoms with Gasteiger partial charge in [0.25, 0.3) is 0 Å². The van der Waals surface area contributed by atoms with E-state index in [2.05, 4.69) is 26.9 Å². The van der Waals surface area contributed by atoms with Crippen LogP contribution in [-0.2, 0) is 35.9 Å². The second-order valence-corrected chi connectivity index (χ2v) is 9.57. The standard InChI is InChI=1S/C22H21FN6O2S2/c1-29-18(10-19(30)25-16-8-4-3-7-15(16)23)27-28-22(29)32-12-20(31)26-21-14(11-24)13-6-2-5-9-17(13)33-21/h3-4,7-8H,2,5-6,9-10,12H2,1H3,(H,25,30)(H,26,31). The summed E-state index contributed by atoms with van der Waals surface area (Å²) in [6, 6.07) is 8.15. The highest BCUT2D eigenvalue weighted by atomic mass is 32.2. The predicted octanol–water partition coefficient (Wildman–Crippen LogP) is 3.68. The number of aromatic nitrogens is 3. The third-order valence-electron chi connectivity index (χ3n) is 5.26. The van der Waals surface area contributed by atoms with Gasteiger partial charge in [-0.05, 0) is 43.4 Å². The van der Waals surface area contributed by atoms with E-state index in [4.69, 9.17) is 0 Å². The number of amides is 2. The lowest BCUT2D eigenvalue weighted by Gasteiger charge is -2.09. The Morgan fingerprint density at radius 3 is 2.79 bits per heavy atom. The lowest BCUT2D eigenvalue weighted by atomic mass is 9.96. The minimum Gasteiger partial charge on any atom is -0.323 e. The maximum absolute atomic E-state index is 13.7. The van der Waals surface area contributed by atoms with Crippen molar-refractivity contribution in [2.24, 2.45) is 7.05 Å². The van der Waals surface area contributed by atoms with E-state index in [-0.39, 0.29) is 23.8 Å². The molecule has 2 heterocycles. The molecule has 0 atom stereocenters. The summed E-state index contributed by atoms with van der Waals surface area (Å²) in [5.41, 5.74) is 1.75. The zero-order chi connectivity index (χ0) is 23.4. The fraction of sp³-hybridized carbons (Fsp3) is 0.318. The summed E-state index contributed by atoms with van der Waals surface area (Å²) < 4.78 is 15.3. The highest BCUT2D eigenvalue weighted by Gasteiger charge is 2.22. The molecule has 0 aliphatic heterocycles. The maximum Gasteiger partial charge on any atom is 0.235 e. The third kappa shape index (κ3) is 5.23. The molecule has 8 nitrogen and oxygen atoms in total. The SMILES string of the molecule is Cn1c(CC(=O)Nc2ccccc2F)nnc1SCC(=O)Nc1sc2c(c1C#N)CCCC2. The Hall–Kier alpha value is -3.23. The van der Waals surface area contributed by atoms with Crippen LogP contribution in [0.2, 0.25) is 0 Å². The largest absolute Gasteiger partial charge is 0.323 e. The minimum atomic E-state index is -0.516. The van der Waals surface area contributed by atoms with E-state index < -0.39 is 11.7 Å². The molecule has 2 amide bonds. The molecular weight excluding hydrogens is 463 g/mol. The van der Waals surface area contributed by atoms with Gasteiger partial charge >= 0.3 is 0 Å². The van der Waals surface area contributed by atoms with Crippen LogP contribution in [0.5, 0.6) is 0 Å². The second kappa shape index (κ2) is 10.1. The molecule has 0 spiro atoms. The summed E-state index contributed by atoms with van der Waals surface area (Å²) in [7, 11) is 1.70. The Kier molecular flexibility index (Phi) is 7.05. The first-order chi connectivity index (χ1) is 16.0. The van der Waals surface area contributed by atoms with Crippen molar-refractivity contribution in [2.75, 3.05) is 16.4 Å². The average Bonchev–Trinajstić information content (AvgIpc) is 3.33. The molecule has 11 heteroatoms. The van der Waals surface area contributed by atoms with Gasteiger partial charge in [-0.2, -0.15) is 5.26 Å². The van der Waals surface area contributed by atoms with Crippen LogP contribution in [0.1, 0.15) is 34.7 Å². The Morgan fingerprint density at radius 1 is 1.21 bits per heavy atom. The lowest BCUT2D eigenvalue weighted by Crippen LogP contribution is -2.18. The molecule has 33 heavy (non-hydrogen) atoms. The van der Waals surface area contributed by atoms with Gasteiger partial charge in [0, 0.05) is 11.9 Å². The van der Waals surface area contributed by atoms with Crippen LogP contribution in [0.4, 0.5) is 15.1 Å². The molecule has 0 saturated heterocycles. The number of benzene rings is 1. The number of nitriles is 1. The maximum atomic E-state index is 13.7. The van der Waals surface area contributed by atoms with Crippen LogP contribution in [-0.4, -0.2) is 32.3 Å². The summed E-state index contributed by atoms with van der Waals surface area (Å²) in [6.45, 7) is 0. The number of thiophene rings is 1. The first-order valence-electron chi connectivity index (χ1n) is 10.4. The Labute approximate surface area is 198 Å². The van der Waals surface area contributed by atoms with Crippen molar-refractivity contribution in [3.8, 4) is 6.07 Å². The van der Waals surface area contributed by atoms with E-state index >= 15 is 0 Å². The summed E-state index contributed by atoms with van der Waals surface area (Å²) >= 11 is 2.67. The van der Waals surface area contributed by atoms with E-state index in [1.54, 1.807) is 23.7 Å². The van der Waals surface area contributed by atoms with Gasteiger partial charge in [0.05, 0.1) is 23.4 Å². The van der Waals surface area contributed by atoms with Gasteiger partial charge < -0.3 is 15.2 Å². The number of thioether (sulfide) groups is 1. The Morgan fingerprint density at radius 2 is 2.00 bits per heavy atom. The zero-order valence-corrected chi connectivity index (χ0v) is 19.5. The number of carbonyl (C=O) groups is 2. The molecule has 0 unspecified atom stereocenters. The highest BCUT2D eigenvalue weighted by Crippen LogP contribution is 2.37. The smallest absolute Gasteiger partial charge is 0.235 e. The topological polar surface area (TPSA) is 113 Å². The number of fused-ring (bicyclic) bond motifs is 1. The molecule has 0 fully saturated rings. The van der Waals surface area contributed by atoms with Crippen LogP contribution < -0.4 is 10.6 Å². The van der Waals surface area contributed by atoms with Gasteiger partial charge in [-0.1, -0.05) is 23.9 Å². The third-order valence-corrected chi connectivity index (χ3v) is 7.49. The number of hydrogen-bond acceptors (Lipinski definition) is 7. The van der Waals surface area contributed by atoms with Gasteiger partial charge in [-0.3, -0.25) is 9.59 Å². The first kappa shape index (κ1) is 22.9. The lowest BCUT2D eigenvalue weighted by molar-refractivity contribution is -0.116.